The fourth-order valence-electron chi connectivity index (χ4n) is 3.88. The molecule has 3 heterocycles. The zero-order valence-corrected chi connectivity index (χ0v) is 17.8. The number of amides is 1. The molecule has 1 atom stereocenters. The van der Waals surface area contributed by atoms with Gasteiger partial charge in [0.15, 0.2) is 0 Å². The van der Waals surface area contributed by atoms with Gasteiger partial charge in [-0.2, -0.15) is 4.98 Å². The van der Waals surface area contributed by atoms with Crippen LogP contribution in [0.5, 0.6) is 0 Å². The molecular formula is C22H25N7O3. The third kappa shape index (κ3) is 4.40. The summed E-state index contributed by atoms with van der Waals surface area (Å²) in [4.78, 5) is 21.0. The van der Waals surface area contributed by atoms with E-state index >= 15 is 0 Å². The van der Waals surface area contributed by atoms with Crippen LogP contribution in [-0.2, 0) is 6.42 Å². The van der Waals surface area contributed by atoms with Crippen molar-refractivity contribution < 1.29 is 14.3 Å². The van der Waals surface area contributed by atoms with Crippen molar-refractivity contribution >= 4 is 23.4 Å². The van der Waals surface area contributed by atoms with Crippen LogP contribution in [0.4, 0.5) is 17.5 Å². The average Bonchev–Trinajstić information content (AvgIpc) is 3.51. The lowest BCUT2D eigenvalue weighted by Crippen LogP contribution is -2.31. The lowest BCUT2D eigenvalue weighted by atomic mass is 10.00. The van der Waals surface area contributed by atoms with E-state index in [1.54, 1.807) is 19.2 Å². The number of aliphatic hydroxyl groups excluding tert-OH is 1. The Kier molecular flexibility index (Phi) is 5.44. The summed E-state index contributed by atoms with van der Waals surface area (Å²) in [7, 11) is 0. The minimum atomic E-state index is -0.129. The van der Waals surface area contributed by atoms with E-state index in [-0.39, 0.29) is 18.6 Å². The molecule has 2 aromatic heterocycles. The maximum absolute atomic E-state index is 12.0. The number of carbonyl (C=O) groups excluding carboxylic acids is 1. The molecule has 4 N–H and O–H groups in total. The number of nitrogens with one attached hydrogen (secondary N) is 3. The van der Waals surface area contributed by atoms with Crippen LogP contribution in [0, 0.1) is 12.8 Å². The summed E-state index contributed by atoms with van der Waals surface area (Å²) >= 11 is 0. The highest BCUT2D eigenvalue weighted by Crippen LogP contribution is 2.35. The van der Waals surface area contributed by atoms with Gasteiger partial charge in [0, 0.05) is 30.9 Å². The van der Waals surface area contributed by atoms with E-state index in [2.05, 4.69) is 36.1 Å². The molecule has 2 aliphatic rings. The third-order valence-corrected chi connectivity index (χ3v) is 5.71. The van der Waals surface area contributed by atoms with Crippen LogP contribution < -0.4 is 16.0 Å². The Morgan fingerprint density at radius 1 is 1.28 bits per heavy atom. The van der Waals surface area contributed by atoms with Crippen molar-refractivity contribution in [2.24, 2.45) is 5.92 Å². The standard InChI is InChI=1S/C22H25N7O3/c1-12-28-29-21(32-12)18-10-24-22(27-19(18)25-16(11-30)8-13-2-3-13)26-15-4-5-17-14(9-15)6-7-23-20(17)31/h4-5,9-10,13,16,30H,2-3,6-8,11H2,1H3,(H,23,31)(H2,24,25,26,27). The van der Waals surface area contributed by atoms with Crippen LogP contribution in [0.15, 0.2) is 28.8 Å². The number of fused-ring (bicyclic) bond motifs is 1. The second-order valence-electron chi connectivity index (χ2n) is 8.29. The molecule has 0 spiro atoms. The van der Waals surface area contributed by atoms with E-state index in [0.29, 0.717) is 47.1 Å². The maximum atomic E-state index is 12.0. The molecule has 0 saturated heterocycles. The van der Waals surface area contributed by atoms with Crippen LogP contribution >= 0.6 is 0 Å². The van der Waals surface area contributed by atoms with Crippen molar-refractivity contribution in [3.8, 4) is 11.5 Å². The van der Waals surface area contributed by atoms with Gasteiger partial charge in [0.25, 0.3) is 11.8 Å². The highest BCUT2D eigenvalue weighted by atomic mass is 16.4. The number of rotatable bonds is 8. The van der Waals surface area contributed by atoms with Crippen LogP contribution in [0.3, 0.4) is 0 Å². The average molecular weight is 435 g/mol. The molecule has 0 bridgehead atoms. The van der Waals surface area contributed by atoms with Gasteiger partial charge in [-0.15, -0.1) is 10.2 Å². The lowest BCUT2D eigenvalue weighted by Gasteiger charge is -2.19. The Labute approximate surface area is 184 Å². The molecule has 10 heteroatoms. The van der Waals surface area contributed by atoms with Gasteiger partial charge < -0.3 is 25.5 Å². The van der Waals surface area contributed by atoms with Gasteiger partial charge in [0.2, 0.25) is 11.8 Å². The first-order valence-corrected chi connectivity index (χ1v) is 10.8. The van der Waals surface area contributed by atoms with E-state index in [1.165, 1.54) is 12.8 Å². The molecule has 1 fully saturated rings. The monoisotopic (exact) mass is 435 g/mol. The van der Waals surface area contributed by atoms with E-state index in [9.17, 15) is 9.90 Å². The van der Waals surface area contributed by atoms with Gasteiger partial charge in [0.1, 0.15) is 5.82 Å². The summed E-state index contributed by atoms with van der Waals surface area (Å²) in [6, 6.07) is 5.45. The minimum Gasteiger partial charge on any atom is -0.421 e. The Morgan fingerprint density at radius 2 is 2.16 bits per heavy atom. The van der Waals surface area contributed by atoms with E-state index < -0.39 is 0 Å². The van der Waals surface area contributed by atoms with Gasteiger partial charge in [-0.05, 0) is 42.5 Å². The second-order valence-corrected chi connectivity index (χ2v) is 8.29. The number of nitrogens with zero attached hydrogens (tertiary/aromatic N) is 4. The van der Waals surface area contributed by atoms with Gasteiger partial charge in [0.05, 0.1) is 18.2 Å². The first-order valence-electron chi connectivity index (χ1n) is 10.8. The fraction of sp³-hybridized carbons (Fsp3) is 0.409. The first-order chi connectivity index (χ1) is 15.6. The van der Waals surface area contributed by atoms with E-state index in [1.807, 2.05) is 12.1 Å². The summed E-state index contributed by atoms with van der Waals surface area (Å²) in [6.45, 7) is 2.35. The molecule has 1 aliphatic carbocycles. The summed E-state index contributed by atoms with van der Waals surface area (Å²) in [6.07, 6.45) is 5.67. The predicted octanol–water partition coefficient (Wildman–Crippen LogP) is 2.44. The van der Waals surface area contributed by atoms with Crippen LogP contribution in [0.1, 0.15) is 41.1 Å². The third-order valence-electron chi connectivity index (χ3n) is 5.71. The highest BCUT2D eigenvalue weighted by molar-refractivity contribution is 5.97. The molecule has 10 nitrogen and oxygen atoms in total. The van der Waals surface area contributed by atoms with Crippen LogP contribution in [0.25, 0.3) is 11.5 Å². The van der Waals surface area contributed by atoms with Gasteiger partial charge in [-0.25, -0.2) is 4.98 Å². The van der Waals surface area contributed by atoms with Crippen molar-refractivity contribution in [1.29, 1.82) is 0 Å². The quantitative estimate of drug-likeness (QED) is 0.420. The fourth-order valence-corrected chi connectivity index (χ4v) is 3.88. The number of hydrogen-bond acceptors (Lipinski definition) is 9. The number of aromatic nitrogens is 4. The largest absolute Gasteiger partial charge is 0.421 e. The summed E-state index contributed by atoms with van der Waals surface area (Å²) in [5.41, 5.74) is 3.05. The topological polar surface area (TPSA) is 138 Å². The Balaban J connectivity index is 1.43. The summed E-state index contributed by atoms with van der Waals surface area (Å²) in [5, 5.41) is 27.3. The molecule has 5 rings (SSSR count). The zero-order chi connectivity index (χ0) is 22.1. The second kappa shape index (κ2) is 8.54. The molecule has 0 radical (unpaired) electrons. The molecule has 1 saturated carbocycles. The van der Waals surface area contributed by atoms with Crippen molar-refractivity contribution in [3.63, 3.8) is 0 Å². The number of aryl methyl sites for hydroxylation is 1. The summed E-state index contributed by atoms with van der Waals surface area (Å²) < 4.78 is 5.59. The lowest BCUT2D eigenvalue weighted by molar-refractivity contribution is 0.0946. The molecule has 166 valence electrons. The normalized spacial score (nSPS) is 16.2. The Bertz CT molecular complexity index is 1140. The molecule has 3 aromatic rings. The molecule has 1 amide bonds. The first kappa shape index (κ1) is 20.4. The number of hydrogen-bond donors (Lipinski definition) is 4. The van der Waals surface area contributed by atoms with Crippen molar-refractivity contribution in [2.45, 2.75) is 38.6 Å². The molecular weight excluding hydrogens is 410 g/mol. The predicted molar refractivity (Wildman–Crippen MR) is 118 cm³/mol. The number of aliphatic hydroxyl groups is 1. The molecule has 1 unspecified atom stereocenters. The number of benzene rings is 1. The van der Waals surface area contributed by atoms with Gasteiger partial charge in [-0.3, -0.25) is 4.79 Å². The van der Waals surface area contributed by atoms with Crippen molar-refractivity contribution in [1.82, 2.24) is 25.5 Å². The van der Waals surface area contributed by atoms with E-state index in [0.717, 1.165) is 24.1 Å². The van der Waals surface area contributed by atoms with Crippen LogP contribution in [-0.4, -0.2) is 50.4 Å². The summed E-state index contributed by atoms with van der Waals surface area (Å²) in [5.74, 6) is 2.26. The van der Waals surface area contributed by atoms with E-state index in [4.69, 9.17) is 4.42 Å². The van der Waals surface area contributed by atoms with Gasteiger partial charge >= 0.3 is 0 Å². The Morgan fingerprint density at radius 3 is 2.91 bits per heavy atom. The number of anilines is 3. The van der Waals surface area contributed by atoms with Crippen molar-refractivity contribution in [2.75, 3.05) is 23.8 Å². The van der Waals surface area contributed by atoms with Crippen LogP contribution in [0.2, 0.25) is 0 Å². The number of carbonyl (C=O) groups is 1. The van der Waals surface area contributed by atoms with Crippen molar-refractivity contribution in [3.05, 3.63) is 41.4 Å². The van der Waals surface area contributed by atoms with Gasteiger partial charge in [-0.1, -0.05) is 12.8 Å². The molecule has 1 aromatic carbocycles. The Hall–Kier alpha value is -3.53. The SMILES string of the molecule is Cc1nnc(-c2cnc(Nc3ccc4c(c3)CCNC4=O)nc2NC(CO)CC2CC2)o1. The maximum Gasteiger partial charge on any atom is 0.253 e. The molecule has 1 aliphatic heterocycles. The molecule has 32 heavy (non-hydrogen) atoms. The highest BCUT2D eigenvalue weighted by Gasteiger charge is 2.26. The minimum absolute atomic E-state index is 0.00154. The zero-order valence-electron chi connectivity index (χ0n) is 17.8. The smallest absolute Gasteiger partial charge is 0.253 e.